The molecule has 1 saturated heterocycles. The highest BCUT2D eigenvalue weighted by atomic mass is 16.5. The Morgan fingerprint density at radius 2 is 2.41 bits per heavy atom. The molecule has 3 atom stereocenters. The first kappa shape index (κ1) is 11.2. The van der Waals surface area contributed by atoms with Crippen molar-refractivity contribution in [3.05, 3.63) is 18.2 Å². The van der Waals surface area contributed by atoms with Gasteiger partial charge in [0.1, 0.15) is 5.82 Å². The van der Waals surface area contributed by atoms with Gasteiger partial charge in [0.2, 0.25) is 0 Å². The van der Waals surface area contributed by atoms with E-state index in [1.807, 2.05) is 19.4 Å². The zero-order chi connectivity index (χ0) is 12.0. The van der Waals surface area contributed by atoms with Gasteiger partial charge in [0.05, 0.1) is 12.6 Å². The average molecular weight is 235 g/mol. The van der Waals surface area contributed by atoms with Gasteiger partial charge in [-0.25, -0.2) is 4.98 Å². The molecule has 0 aromatic carbocycles. The molecular weight excluding hydrogens is 214 g/mol. The van der Waals surface area contributed by atoms with Gasteiger partial charge in [-0.1, -0.05) is 13.8 Å². The van der Waals surface area contributed by atoms with E-state index in [2.05, 4.69) is 28.7 Å². The predicted molar refractivity (Wildman–Crippen MR) is 65.5 cm³/mol. The summed E-state index contributed by atoms with van der Waals surface area (Å²) in [5.41, 5.74) is 0.256. The predicted octanol–water partition coefficient (Wildman–Crippen LogP) is 1.32. The molecule has 2 heterocycles. The molecule has 1 aromatic heterocycles. The molecule has 1 saturated carbocycles. The van der Waals surface area contributed by atoms with Crippen LogP contribution in [-0.2, 0) is 18.3 Å². The number of aromatic nitrogens is 2. The summed E-state index contributed by atoms with van der Waals surface area (Å²) in [7, 11) is 2.04. The highest BCUT2D eigenvalue weighted by Crippen LogP contribution is 2.52. The van der Waals surface area contributed by atoms with E-state index in [1.165, 1.54) is 6.42 Å². The summed E-state index contributed by atoms with van der Waals surface area (Å²) >= 11 is 0. The van der Waals surface area contributed by atoms with E-state index in [1.54, 1.807) is 0 Å². The van der Waals surface area contributed by atoms with E-state index in [9.17, 15) is 0 Å². The fraction of sp³-hybridized carbons (Fsp3) is 0.769. The van der Waals surface area contributed by atoms with Crippen LogP contribution in [0.1, 0.15) is 26.1 Å². The Kier molecular flexibility index (Phi) is 2.52. The molecule has 1 N–H and O–H groups in total. The maximum atomic E-state index is 5.80. The summed E-state index contributed by atoms with van der Waals surface area (Å²) in [6.07, 6.45) is 5.50. The van der Waals surface area contributed by atoms with Gasteiger partial charge >= 0.3 is 0 Å². The maximum absolute atomic E-state index is 5.80. The molecule has 0 spiro atoms. The van der Waals surface area contributed by atoms with Gasteiger partial charge in [0.25, 0.3) is 0 Å². The number of hydrogen-bond donors (Lipinski definition) is 1. The molecule has 2 fully saturated rings. The van der Waals surface area contributed by atoms with Crippen molar-refractivity contribution >= 4 is 0 Å². The fourth-order valence-corrected chi connectivity index (χ4v) is 3.51. The molecule has 1 aliphatic carbocycles. The van der Waals surface area contributed by atoms with E-state index in [4.69, 9.17) is 4.74 Å². The number of nitrogens with zero attached hydrogens (tertiary/aromatic N) is 2. The van der Waals surface area contributed by atoms with Crippen LogP contribution in [0.25, 0.3) is 0 Å². The van der Waals surface area contributed by atoms with Crippen LogP contribution in [0.15, 0.2) is 12.4 Å². The Bertz CT molecular complexity index is 413. The molecule has 3 unspecified atom stereocenters. The SMILES string of the molecule is Cn1ccnc1CNC1C2CCOC2C1(C)C. The average Bonchev–Trinajstić information content (AvgIpc) is 2.87. The van der Waals surface area contributed by atoms with Crippen LogP contribution in [0.3, 0.4) is 0 Å². The van der Waals surface area contributed by atoms with Gasteiger partial charge < -0.3 is 14.6 Å². The molecule has 1 aromatic rings. The lowest BCUT2D eigenvalue weighted by atomic mass is 9.57. The molecule has 3 rings (SSSR count). The molecular formula is C13H21N3O. The van der Waals surface area contributed by atoms with Gasteiger partial charge in [-0.05, 0) is 6.42 Å². The molecule has 1 aliphatic heterocycles. The summed E-state index contributed by atoms with van der Waals surface area (Å²) in [5.74, 6) is 1.80. The van der Waals surface area contributed by atoms with Crippen molar-refractivity contribution in [1.82, 2.24) is 14.9 Å². The summed E-state index contributed by atoms with van der Waals surface area (Å²) in [6, 6.07) is 0.562. The van der Waals surface area contributed by atoms with Crippen LogP contribution < -0.4 is 5.32 Å². The van der Waals surface area contributed by atoms with E-state index in [-0.39, 0.29) is 5.41 Å². The van der Waals surface area contributed by atoms with Crippen LogP contribution in [0.2, 0.25) is 0 Å². The van der Waals surface area contributed by atoms with Crippen LogP contribution in [0, 0.1) is 11.3 Å². The van der Waals surface area contributed by atoms with Crippen LogP contribution in [0.4, 0.5) is 0 Å². The summed E-state index contributed by atoms with van der Waals surface area (Å²) < 4.78 is 7.87. The number of imidazole rings is 1. The number of nitrogens with one attached hydrogen (secondary N) is 1. The number of fused-ring (bicyclic) bond motifs is 1. The zero-order valence-corrected chi connectivity index (χ0v) is 10.8. The second-order valence-electron chi connectivity index (χ2n) is 5.88. The Balaban J connectivity index is 1.64. The van der Waals surface area contributed by atoms with E-state index in [0.29, 0.717) is 18.1 Å². The molecule has 4 heteroatoms. The van der Waals surface area contributed by atoms with Crippen molar-refractivity contribution in [2.24, 2.45) is 18.4 Å². The lowest BCUT2D eigenvalue weighted by molar-refractivity contribution is -0.113. The van der Waals surface area contributed by atoms with E-state index < -0.39 is 0 Å². The zero-order valence-electron chi connectivity index (χ0n) is 10.8. The first-order valence-corrected chi connectivity index (χ1v) is 6.42. The normalized spacial score (nSPS) is 34.4. The quantitative estimate of drug-likeness (QED) is 0.859. The van der Waals surface area contributed by atoms with Crippen molar-refractivity contribution < 1.29 is 4.74 Å². The Morgan fingerprint density at radius 3 is 3.12 bits per heavy atom. The third kappa shape index (κ3) is 1.62. The van der Waals surface area contributed by atoms with Crippen LogP contribution in [0.5, 0.6) is 0 Å². The molecule has 94 valence electrons. The molecule has 2 aliphatic rings. The third-order valence-electron chi connectivity index (χ3n) is 4.50. The lowest BCUT2D eigenvalue weighted by Gasteiger charge is -2.54. The molecule has 0 bridgehead atoms. The summed E-state index contributed by atoms with van der Waals surface area (Å²) in [6.45, 7) is 6.38. The lowest BCUT2D eigenvalue weighted by Crippen LogP contribution is -2.65. The van der Waals surface area contributed by atoms with Gasteiger partial charge in [-0.3, -0.25) is 0 Å². The van der Waals surface area contributed by atoms with Gasteiger partial charge in [-0.2, -0.15) is 0 Å². The fourth-order valence-electron chi connectivity index (χ4n) is 3.51. The minimum atomic E-state index is 0.256. The van der Waals surface area contributed by atoms with E-state index in [0.717, 1.165) is 19.0 Å². The van der Waals surface area contributed by atoms with Crippen molar-refractivity contribution in [3.63, 3.8) is 0 Å². The number of hydrogen-bond acceptors (Lipinski definition) is 3. The molecule has 4 nitrogen and oxygen atoms in total. The Labute approximate surface area is 102 Å². The first-order valence-electron chi connectivity index (χ1n) is 6.42. The largest absolute Gasteiger partial charge is 0.377 e. The van der Waals surface area contributed by atoms with Crippen molar-refractivity contribution in [2.45, 2.75) is 39.0 Å². The van der Waals surface area contributed by atoms with Crippen molar-refractivity contribution in [3.8, 4) is 0 Å². The highest BCUT2D eigenvalue weighted by molar-refractivity contribution is 5.11. The van der Waals surface area contributed by atoms with Crippen molar-refractivity contribution in [1.29, 1.82) is 0 Å². The molecule has 17 heavy (non-hydrogen) atoms. The number of ether oxygens (including phenoxy) is 1. The maximum Gasteiger partial charge on any atom is 0.122 e. The summed E-state index contributed by atoms with van der Waals surface area (Å²) in [4.78, 5) is 4.35. The van der Waals surface area contributed by atoms with E-state index >= 15 is 0 Å². The topological polar surface area (TPSA) is 39.1 Å². The minimum Gasteiger partial charge on any atom is -0.377 e. The number of aryl methyl sites for hydroxylation is 1. The monoisotopic (exact) mass is 235 g/mol. The van der Waals surface area contributed by atoms with Crippen LogP contribution >= 0.6 is 0 Å². The second-order valence-corrected chi connectivity index (χ2v) is 5.88. The van der Waals surface area contributed by atoms with Gasteiger partial charge in [0, 0.05) is 43.4 Å². The third-order valence-corrected chi connectivity index (χ3v) is 4.50. The standard InChI is InChI=1S/C13H21N3O/c1-13(2)11(9-4-7-17-12(9)13)15-8-10-14-5-6-16(10)3/h5-6,9,11-12,15H,4,7-8H2,1-3H3. The highest BCUT2D eigenvalue weighted by Gasteiger charge is 2.58. The summed E-state index contributed by atoms with van der Waals surface area (Å²) in [5, 5.41) is 3.66. The van der Waals surface area contributed by atoms with Crippen molar-refractivity contribution in [2.75, 3.05) is 6.61 Å². The number of rotatable bonds is 3. The second kappa shape index (κ2) is 3.82. The Hall–Kier alpha value is -0.870. The van der Waals surface area contributed by atoms with Gasteiger partial charge in [-0.15, -0.1) is 0 Å². The van der Waals surface area contributed by atoms with Gasteiger partial charge in [0.15, 0.2) is 0 Å². The smallest absolute Gasteiger partial charge is 0.122 e. The minimum absolute atomic E-state index is 0.256. The first-order chi connectivity index (χ1) is 8.10. The Morgan fingerprint density at radius 1 is 1.59 bits per heavy atom. The molecule has 0 radical (unpaired) electrons. The van der Waals surface area contributed by atoms with Crippen LogP contribution in [-0.4, -0.2) is 28.3 Å². The molecule has 0 amide bonds.